The molecule has 3 aromatic heterocycles. The molecule has 2 aliphatic rings. The Morgan fingerprint density at radius 3 is 2.62 bits per heavy atom. The zero-order valence-electron chi connectivity index (χ0n) is 21.7. The molecule has 11 nitrogen and oxygen atoms in total. The topological polar surface area (TPSA) is 129 Å². The van der Waals surface area contributed by atoms with Gasteiger partial charge in [0.15, 0.2) is 11.6 Å². The Morgan fingerprint density at radius 2 is 1.97 bits per heavy atom. The van der Waals surface area contributed by atoms with Crippen molar-refractivity contribution in [3.8, 4) is 11.6 Å². The smallest absolute Gasteiger partial charge is 0.436 e. The van der Waals surface area contributed by atoms with Crippen LogP contribution in [0.25, 0.3) is 0 Å². The molecule has 5 heterocycles. The summed E-state index contributed by atoms with van der Waals surface area (Å²) >= 11 is 0. The average Bonchev–Trinajstić information content (AvgIpc) is 2.90. The van der Waals surface area contributed by atoms with Crippen LogP contribution < -0.4 is 19.9 Å². The number of hydrogen-bond acceptors (Lipinski definition) is 10. The monoisotopic (exact) mass is 544 g/mol. The highest BCUT2D eigenvalue weighted by molar-refractivity contribution is 6.08. The molecule has 3 aromatic rings. The number of aryl methyl sites for hydroxylation is 2. The summed E-state index contributed by atoms with van der Waals surface area (Å²) in [4.78, 5) is 37.0. The highest BCUT2D eigenvalue weighted by atomic mass is 19.4. The zero-order valence-corrected chi connectivity index (χ0v) is 21.7. The fourth-order valence-electron chi connectivity index (χ4n) is 4.63. The van der Waals surface area contributed by atoms with Crippen LogP contribution in [0.2, 0.25) is 0 Å². The molecule has 1 unspecified atom stereocenters. The Labute approximate surface area is 222 Å². The van der Waals surface area contributed by atoms with E-state index in [-0.39, 0.29) is 23.2 Å². The number of carbonyl (C=O) groups excluding carboxylic acids is 1. The Hall–Kier alpha value is -4.07. The van der Waals surface area contributed by atoms with Gasteiger partial charge in [0.1, 0.15) is 11.2 Å². The molecular weight excluding hydrogens is 517 g/mol. The third kappa shape index (κ3) is 4.68. The van der Waals surface area contributed by atoms with Gasteiger partial charge in [-0.2, -0.15) is 18.2 Å². The largest absolute Gasteiger partial charge is 0.451 e. The van der Waals surface area contributed by atoms with Gasteiger partial charge in [0, 0.05) is 32.4 Å². The van der Waals surface area contributed by atoms with E-state index in [0.29, 0.717) is 37.0 Å². The minimum Gasteiger partial charge on any atom is -0.436 e. The summed E-state index contributed by atoms with van der Waals surface area (Å²) < 4.78 is 43.9. The zero-order chi connectivity index (χ0) is 28.1. The van der Waals surface area contributed by atoms with E-state index in [2.05, 4.69) is 30.2 Å². The molecule has 0 aromatic carbocycles. The van der Waals surface area contributed by atoms with E-state index in [1.807, 2.05) is 0 Å². The number of rotatable bonds is 6. The number of aliphatic hydroxyl groups excluding tert-OH is 1. The van der Waals surface area contributed by atoms with Crippen molar-refractivity contribution in [1.29, 1.82) is 0 Å². The van der Waals surface area contributed by atoms with Gasteiger partial charge in [-0.05, 0) is 39.2 Å². The normalized spacial score (nSPS) is 19.5. The number of hydrogen-bond donors (Lipinski definition) is 2. The number of aliphatic hydroxyl groups is 1. The first kappa shape index (κ1) is 26.5. The van der Waals surface area contributed by atoms with Gasteiger partial charge >= 0.3 is 6.18 Å². The van der Waals surface area contributed by atoms with E-state index in [9.17, 15) is 23.1 Å². The third-order valence-electron chi connectivity index (χ3n) is 7.16. The number of nitrogens with one attached hydrogen (secondary N) is 1. The summed E-state index contributed by atoms with van der Waals surface area (Å²) in [5.41, 5.74) is 1.09. The molecule has 0 spiro atoms. The molecule has 1 amide bonds. The first-order valence-electron chi connectivity index (χ1n) is 12.3. The molecule has 2 aliphatic heterocycles. The molecule has 14 heteroatoms. The first-order chi connectivity index (χ1) is 18.4. The number of pyridine rings is 1. The summed E-state index contributed by atoms with van der Waals surface area (Å²) in [5, 5.41) is 13.7. The lowest BCUT2D eigenvalue weighted by Gasteiger charge is -2.49. The van der Waals surface area contributed by atoms with Crippen molar-refractivity contribution in [2.75, 3.05) is 28.7 Å². The van der Waals surface area contributed by atoms with Gasteiger partial charge in [-0.3, -0.25) is 4.79 Å². The van der Waals surface area contributed by atoms with Crippen LogP contribution >= 0.6 is 0 Å². The molecule has 0 bridgehead atoms. The molecule has 2 atom stereocenters. The number of amides is 1. The second kappa shape index (κ2) is 9.59. The van der Waals surface area contributed by atoms with E-state index >= 15 is 0 Å². The lowest BCUT2D eigenvalue weighted by molar-refractivity contribution is -0.145. The average molecular weight is 545 g/mol. The summed E-state index contributed by atoms with van der Waals surface area (Å²) in [6.07, 6.45) is -1.59. The van der Waals surface area contributed by atoms with Crippen molar-refractivity contribution in [3.05, 3.63) is 47.3 Å². The van der Waals surface area contributed by atoms with Crippen LogP contribution in [0, 0.1) is 6.92 Å². The minimum atomic E-state index is -4.64. The van der Waals surface area contributed by atoms with Gasteiger partial charge in [-0.15, -0.1) is 0 Å². The highest BCUT2D eigenvalue weighted by Crippen LogP contribution is 2.44. The van der Waals surface area contributed by atoms with Crippen LogP contribution in [0.15, 0.2) is 24.5 Å². The van der Waals surface area contributed by atoms with E-state index < -0.39 is 23.6 Å². The SMILES string of the molecule is Cc1nc(C(F)(F)F)ncc1Oc1ccc(CNc2nc3c4c(n2)N(C)C(C)([C@H](C)O)C(=O)N4CCC3)cn1. The summed E-state index contributed by atoms with van der Waals surface area (Å²) in [5.74, 6) is -0.230. The molecule has 5 rings (SSSR count). The Bertz CT molecular complexity index is 1420. The fraction of sp³-hybridized carbons (Fsp3) is 0.440. The predicted octanol–water partition coefficient (Wildman–Crippen LogP) is 3.26. The van der Waals surface area contributed by atoms with Crippen molar-refractivity contribution in [2.24, 2.45) is 0 Å². The molecule has 0 fully saturated rings. The van der Waals surface area contributed by atoms with Gasteiger partial charge in [-0.1, -0.05) is 6.07 Å². The van der Waals surface area contributed by atoms with Gasteiger partial charge in [-0.25, -0.2) is 19.9 Å². The quantitative estimate of drug-likeness (QED) is 0.477. The van der Waals surface area contributed by atoms with Crippen LogP contribution in [0.3, 0.4) is 0 Å². The standard InChI is InChI=1S/C25H27F3N8O3/c1-13-17(12-30-21(32-13)25(26,27)28)39-18-8-7-15(10-29-18)11-31-23-33-16-6-5-9-36-19(16)20(34-23)35(4)24(3,14(2)37)22(36)38/h7-8,10,12,14,37H,5-6,9,11H2,1-4H3,(H,31,33,34)/t14-,24?/m0/s1. The van der Waals surface area contributed by atoms with Gasteiger partial charge in [0.2, 0.25) is 17.7 Å². The Morgan fingerprint density at radius 1 is 1.21 bits per heavy atom. The first-order valence-corrected chi connectivity index (χ1v) is 12.3. The molecule has 0 aliphatic carbocycles. The maximum absolute atomic E-state index is 13.3. The van der Waals surface area contributed by atoms with E-state index in [4.69, 9.17) is 4.74 Å². The second-order valence-electron chi connectivity index (χ2n) is 9.71. The lowest BCUT2D eigenvalue weighted by Crippen LogP contribution is -2.66. The number of aromatic nitrogens is 5. The Balaban J connectivity index is 1.31. The number of alkyl halides is 3. The summed E-state index contributed by atoms with van der Waals surface area (Å²) in [6, 6.07) is 3.33. The number of nitrogens with zero attached hydrogens (tertiary/aromatic N) is 7. The lowest BCUT2D eigenvalue weighted by atomic mass is 9.87. The van der Waals surface area contributed by atoms with Crippen LogP contribution in [0.4, 0.5) is 30.6 Å². The van der Waals surface area contributed by atoms with Crippen LogP contribution in [-0.4, -0.2) is 61.2 Å². The number of carbonyl (C=O) groups is 1. The van der Waals surface area contributed by atoms with E-state index in [1.54, 1.807) is 49.0 Å². The van der Waals surface area contributed by atoms with Gasteiger partial charge < -0.3 is 25.0 Å². The molecule has 0 saturated heterocycles. The molecule has 0 radical (unpaired) electrons. The van der Waals surface area contributed by atoms with Crippen molar-refractivity contribution in [3.63, 3.8) is 0 Å². The number of anilines is 3. The molecule has 39 heavy (non-hydrogen) atoms. The van der Waals surface area contributed by atoms with Crippen molar-refractivity contribution < 1.29 is 27.8 Å². The Kier molecular flexibility index (Phi) is 6.53. The fourth-order valence-corrected chi connectivity index (χ4v) is 4.63. The number of halogens is 3. The summed E-state index contributed by atoms with van der Waals surface area (Å²) in [6.45, 7) is 5.57. The van der Waals surface area contributed by atoms with Crippen molar-refractivity contribution >= 4 is 23.4 Å². The van der Waals surface area contributed by atoms with Gasteiger partial charge in [0.25, 0.3) is 5.91 Å². The maximum atomic E-state index is 13.3. The van der Waals surface area contributed by atoms with Crippen LogP contribution in [0.5, 0.6) is 11.6 Å². The number of ether oxygens (including phenoxy) is 1. The van der Waals surface area contributed by atoms with Crippen LogP contribution in [0.1, 0.15) is 43.0 Å². The highest BCUT2D eigenvalue weighted by Gasteiger charge is 2.52. The molecule has 206 valence electrons. The summed E-state index contributed by atoms with van der Waals surface area (Å²) in [7, 11) is 1.75. The van der Waals surface area contributed by atoms with Crippen molar-refractivity contribution in [2.45, 2.75) is 58.0 Å². The second-order valence-corrected chi connectivity index (χ2v) is 9.71. The van der Waals surface area contributed by atoms with E-state index in [1.165, 1.54) is 6.92 Å². The predicted molar refractivity (Wildman–Crippen MR) is 135 cm³/mol. The number of likely N-dealkylation sites (N-methyl/N-ethyl adjacent to an activating group) is 1. The van der Waals surface area contributed by atoms with E-state index in [0.717, 1.165) is 23.9 Å². The van der Waals surface area contributed by atoms with Gasteiger partial charge in [0.05, 0.1) is 23.7 Å². The minimum absolute atomic E-state index is 0.0373. The molecule has 2 N–H and O–H groups in total. The van der Waals surface area contributed by atoms with Crippen molar-refractivity contribution in [1.82, 2.24) is 24.9 Å². The third-order valence-corrected chi connectivity index (χ3v) is 7.16. The molecular formula is C25H27F3N8O3. The van der Waals surface area contributed by atoms with Crippen LogP contribution in [-0.2, 0) is 23.9 Å². The molecule has 0 saturated carbocycles. The maximum Gasteiger partial charge on any atom is 0.451 e.